The van der Waals surface area contributed by atoms with E-state index in [2.05, 4.69) is 40.5 Å². The number of carbonyl (C=O) groups excluding carboxylic acids is 2. The molecule has 5 nitrogen and oxygen atoms in total. The molecule has 5 heteroatoms. The van der Waals surface area contributed by atoms with Crippen molar-refractivity contribution in [1.29, 1.82) is 0 Å². The van der Waals surface area contributed by atoms with Gasteiger partial charge in [-0.3, -0.25) is 9.69 Å². The van der Waals surface area contributed by atoms with Crippen molar-refractivity contribution in [2.75, 3.05) is 19.8 Å². The van der Waals surface area contributed by atoms with Crippen LogP contribution in [-0.4, -0.2) is 47.0 Å². The summed E-state index contributed by atoms with van der Waals surface area (Å²) in [5, 5.41) is 2.93. The van der Waals surface area contributed by atoms with Crippen molar-refractivity contribution in [2.24, 2.45) is 11.8 Å². The number of benzene rings is 1. The Morgan fingerprint density at radius 2 is 1.76 bits per heavy atom. The molecule has 1 aromatic carbocycles. The van der Waals surface area contributed by atoms with Crippen molar-refractivity contribution >= 4 is 11.9 Å². The van der Waals surface area contributed by atoms with E-state index >= 15 is 0 Å². The highest BCUT2D eigenvalue weighted by Crippen LogP contribution is 2.42. The maximum Gasteiger partial charge on any atom is 0.326 e. The minimum atomic E-state index is -0.664. The predicted molar refractivity (Wildman–Crippen MR) is 95.8 cm³/mol. The van der Waals surface area contributed by atoms with Crippen molar-refractivity contribution in [1.82, 2.24) is 15.1 Å². The van der Waals surface area contributed by atoms with Gasteiger partial charge >= 0.3 is 6.03 Å². The van der Waals surface area contributed by atoms with Crippen LogP contribution in [0, 0.1) is 11.8 Å². The van der Waals surface area contributed by atoms with E-state index in [1.54, 1.807) is 0 Å². The van der Waals surface area contributed by atoms with Crippen molar-refractivity contribution in [3.63, 3.8) is 0 Å². The first-order valence-corrected chi connectivity index (χ1v) is 9.46. The number of amides is 3. The summed E-state index contributed by atoms with van der Waals surface area (Å²) >= 11 is 0. The monoisotopic (exact) mass is 341 g/mol. The first-order chi connectivity index (χ1) is 12.1. The normalized spacial score (nSPS) is 28.4. The summed E-state index contributed by atoms with van der Waals surface area (Å²) < 4.78 is 0. The molecule has 0 aromatic heterocycles. The molecule has 3 aliphatic rings. The van der Waals surface area contributed by atoms with Gasteiger partial charge < -0.3 is 5.32 Å². The average Bonchev–Trinajstić information content (AvgIpc) is 3.44. The molecular weight excluding hydrogens is 314 g/mol. The summed E-state index contributed by atoms with van der Waals surface area (Å²) in [6, 6.07) is 10.4. The third kappa shape index (κ3) is 3.30. The lowest BCUT2D eigenvalue weighted by Gasteiger charge is -2.34. The van der Waals surface area contributed by atoms with E-state index in [0.29, 0.717) is 18.5 Å². The maximum atomic E-state index is 12.7. The van der Waals surface area contributed by atoms with Crippen molar-refractivity contribution < 1.29 is 9.59 Å². The number of imide groups is 1. The minimum absolute atomic E-state index is 0.0357. The summed E-state index contributed by atoms with van der Waals surface area (Å²) in [5.41, 5.74) is 0.734. The SMILES string of the molecule is C[C@@]1(C2CC2)NC(=O)N(CN2CCC(Cc3ccccc3)CC2)C1=O. The summed E-state index contributed by atoms with van der Waals surface area (Å²) in [6.07, 6.45) is 5.46. The molecule has 2 heterocycles. The molecule has 3 amide bonds. The Hall–Kier alpha value is -1.88. The molecule has 25 heavy (non-hydrogen) atoms. The van der Waals surface area contributed by atoms with E-state index in [1.807, 2.05) is 6.92 Å². The molecule has 1 N–H and O–H groups in total. The van der Waals surface area contributed by atoms with E-state index in [1.165, 1.54) is 10.5 Å². The number of nitrogens with zero attached hydrogens (tertiary/aromatic N) is 2. The highest BCUT2D eigenvalue weighted by Gasteiger charge is 2.56. The summed E-state index contributed by atoms with van der Waals surface area (Å²) in [4.78, 5) is 28.7. The third-order valence-electron chi connectivity index (χ3n) is 6.11. The molecule has 1 aliphatic carbocycles. The molecule has 2 aliphatic heterocycles. The second kappa shape index (κ2) is 6.45. The van der Waals surface area contributed by atoms with E-state index in [4.69, 9.17) is 0 Å². The fraction of sp³-hybridized carbons (Fsp3) is 0.600. The van der Waals surface area contributed by atoms with Gasteiger partial charge in [-0.15, -0.1) is 0 Å². The van der Waals surface area contributed by atoms with Crippen LogP contribution in [0.15, 0.2) is 30.3 Å². The standard InChI is InChI=1S/C20H27N3O2/c1-20(17-7-8-17)18(24)23(19(25)21-20)14-22-11-9-16(10-12-22)13-15-5-3-2-4-6-15/h2-6,16-17H,7-14H2,1H3,(H,21,25)/t20-/m0/s1. The van der Waals surface area contributed by atoms with Gasteiger partial charge in [0, 0.05) is 13.1 Å². The molecule has 0 unspecified atom stereocenters. The van der Waals surface area contributed by atoms with E-state index in [9.17, 15) is 9.59 Å². The molecule has 4 rings (SSSR count). The highest BCUT2D eigenvalue weighted by molar-refractivity contribution is 6.07. The predicted octanol–water partition coefficient (Wildman–Crippen LogP) is 2.62. The molecule has 0 radical (unpaired) electrons. The van der Waals surface area contributed by atoms with Crippen LogP contribution in [0.1, 0.15) is 38.2 Å². The van der Waals surface area contributed by atoms with Crippen LogP contribution in [0.2, 0.25) is 0 Å². The van der Waals surface area contributed by atoms with Gasteiger partial charge in [-0.05, 0) is 56.4 Å². The number of piperidine rings is 1. The molecule has 2 saturated heterocycles. The van der Waals surface area contributed by atoms with Crippen molar-refractivity contribution in [3.05, 3.63) is 35.9 Å². The lowest BCUT2D eigenvalue weighted by molar-refractivity contribution is -0.133. The largest absolute Gasteiger partial charge is 0.326 e. The van der Waals surface area contributed by atoms with Crippen LogP contribution >= 0.6 is 0 Å². The van der Waals surface area contributed by atoms with Crippen LogP contribution in [0.25, 0.3) is 0 Å². The lowest BCUT2D eigenvalue weighted by atomic mass is 9.90. The molecule has 0 spiro atoms. The molecule has 1 atom stereocenters. The minimum Gasteiger partial charge on any atom is -0.323 e. The number of hydrogen-bond acceptors (Lipinski definition) is 3. The number of hydrogen-bond donors (Lipinski definition) is 1. The van der Waals surface area contributed by atoms with Gasteiger partial charge in [0.25, 0.3) is 5.91 Å². The van der Waals surface area contributed by atoms with Crippen LogP contribution in [0.4, 0.5) is 4.79 Å². The second-order valence-electron chi connectivity index (χ2n) is 8.03. The Bertz CT molecular complexity index is 650. The fourth-order valence-corrected chi connectivity index (χ4v) is 4.26. The van der Waals surface area contributed by atoms with Crippen LogP contribution in [0.5, 0.6) is 0 Å². The van der Waals surface area contributed by atoms with Crippen LogP contribution in [-0.2, 0) is 11.2 Å². The van der Waals surface area contributed by atoms with Gasteiger partial charge in [0.2, 0.25) is 0 Å². The maximum absolute atomic E-state index is 12.7. The van der Waals surface area contributed by atoms with Gasteiger partial charge in [-0.1, -0.05) is 30.3 Å². The van der Waals surface area contributed by atoms with Crippen molar-refractivity contribution in [3.8, 4) is 0 Å². The zero-order chi connectivity index (χ0) is 17.4. The van der Waals surface area contributed by atoms with Gasteiger partial charge in [-0.25, -0.2) is 9.69 Å². The number of carbonyl (C=O) groups is 2. The molecule has 3 fully saturated rings. The molecular formula is C20H27N3O2. The Morgan fingerprint density at radius 1 is 1.08 bits per heavy atom. The average molecular weight is 341 g/mol. The van der Waals surface area contributed by atoms with Crippen molar-refractivity contribution in [2.45, 2.75) is 44.6 Å². The zero-order valence-electron chi connectivity index (χ0n) is 14.9. The van der Waals surface area contributed by atoms with E-state index in [-0.39, 0.29) is 11.9 Å². The van der Waals surface area contributed by atoms with Crippen LogP contribution in [0.3, 0.4) is 0 Å². The quantitative estimate of drug-likeness (QED) is 0.838. The topological polar surface area (TPSA) is 52.7 Å². The Morgan fingerprint density at radius 3 is 2.40 bits per heavy atom. The Labute approximate surface area is 149 Å². The van der Waals surface area contributed by atoms with Gasteiger partial charge in [0.1, 0.15) is 5.54 Å². The second-order valence-corrected chi connectivity index (χ2v) is 8.03. The van der Waals surface area contributed by atoms with E-state index in [0.717, 1.165) is 45.2 Å². The number of rotatable bonds is 5. The number of urea groups is 1. The molecule has 1 aromatic rings. The first kappa shape index (κ1) is 16.6. The first-order valence-electron chi connectivity index (χ1n) is 9.46. The summed E-state index contributed by atoms with van der Waals surface area (Å²) in [6.45, 7) is 4.23. The van der Waals surface area contributed by atoms with Gasteiger partial charge in [0.15, 0.2) is 0 Å². The number of nitrogens with one attached hydrogen (secondary N) is 1. The summed E-state index contributed by atoms with van der Waals surface area (Å²) in [7, 11) is 0. The van der Waals surface area contributed by atoms with Gasteiger partial charge in [-0.2, -0.15) is 0 Å². The molecule has 134 valence electrons. The Kier molecular flexibility index (Phi) is 4.28. The lowest BCUT2D eigenvalue weighted by Crippen LogP contribution is -2.48. The summed E-state index contributed by atoms with van der Waals surface area (Å²) in [5.74, 6) is 0.982. The fourth-order valence-electron chi connectivity index (χ4n) is 4.26. The third-order valence-corrected chi connectivity index (χ3v) is 6.11. The highest BCUT2D eigenvalue weighted by atomic mass is 16.2. The van der Waals surface area contributed by atoms with E-state index < -0.39 is 5.54 Å². The zero-order valence-corrected chi connectivity index (χ0v) is 14.9. The van der Waals surface area contributed by atoms with Gasteiger partial charge in [0.05, 0.1) is 6.67 Å². The Balaban J connectivity index is 1.30. The smallest absolute Gasteiger partial charge is 0.323 e. The molecule has 1 saturated carbocycles. The molecule has 0 bridgehead atoms. The van der Waals surface area contributed by atoms with Crippen LogP contribution < -0.4 is 5.32 Å². The number of likely N-dealkylation sites (tertiary alicyclic amines) is 1.